The van der Waals surface area contributed by atoms with Gasteiger partial charge in [0.25, 0.3) is 0 Å². The van der Waals surface area contributed by atoms with Crippen molar-refractivity contribution < 1.29 is 0 Å². The van der Waals surface area contributed by atoms with Gasteiger partial charge >= 0.3 is 0 Å². The Morgan fingerprint density at radius 3 is 3.23 bits per heavy atom. The zero-order chi connectivity index (χ0) is 8.67. The molecule has 0 unspecified atom stereocenters. The molecule has 0 atom stereocenters. The molecule has 0 aliphatic carbocycles. The summed E-state index contributed by atoms with van der Waals surface area (Å²) in [4.78, 5) is 0. The third kappa shape index (κ3) is 0.986. The summed E-state index contributed by atoms with van der Waals surface area (Å²) in [6.45, 7) is 0. The van der Waals surface area contributed by atoms with Crippen LogP contribution in [0.4, 0.5) is 0 Å². The van der Waals surface area contributed by atoms with Crippen LogP contribution in [0.5, 0.6) is 0 Å². The molecule has 1 aliphatic rings. The molecule has 0 radical (unpaired) electrons. The summed E-state index contributed by atoms with van der Waals surface area (Å²) in [6.07, 6.45) is 1.76. The number of hydrogen-bond donors (Lipinski definition) is 0. The van der Waals surface area contributed by atoms with E-state index < -0.39 is 0 Å². The fourth-order valence-electron chi connectivity index (χ4n) is 1.50. The first-order chi connectivity index (χ1) is 6.45. The van der Waals surface area contributed by atoms with Crippen LogP contribution >= 0.6 is 11.8 Å². The van der Waals surface area contributed by atoms with Gasteiger partial charge in [-0.2, -0.15) is 0 Å². The Morgan fingerprint density at radius 2 is 2.23 bits per heavy atom. The molecule has 1 aromatic carbocycles. The highest BCUT2D eigenvalue weighted by molar-refractivity contribution is 7.98. The molecule has 0 N–H and O–H groups in total. The first-order valence-electron chi connectivity index (χ1n) is 4.06. The second-order valence-corrected chi connectivity index (χ2v) is 3.84. The fraction of sp³-hybridized carbons (Fsp3) is 0.111. The number of thioether (sulfide) groups is 1. The predicted octanol–water partition coefficient (Wildman–Crippen LogP) is 1.87. The molecule has 4 heteroatoms. The minimum Gasteiger partial charge on any atom is -0.276 e. The molecule has 2 heterocycles. The van der Waals surface area contributed by atoms with Gasteiger partial charge in [0.15, 0.2) is 5.16 Å². The predicted molar refractivity (Wildman–Crippen MR) is 50.9 cm³/mol. The summed E-state index contributed by atoms with van der Waals surface area (Å²) in [6, 6.07) is 8.35. The maximum absolute atomic E-state index is 4.03. The molecule has 0 saturated heterocycles. The number of benzene rings is 1. The largest absolute Gasteiger partial charge is 0.276 e. The van der Waals surface area contributed by atoms with Gasteiger partial charge in [0, 0.05) is 5.75 Å². The number of aromatic nitrogens is 3. The van der Waals surface area contributed by atoms with Crippen molar-refractivity contribution in [3.05, 3.63) is 36.2 Å². The Hall–Kier alpha value is -1.29. The molecule has 1 aliphatic heterocycles. The summed E-state index contributed by atoms with van der Waals surface area (Å²) < 4.78 is 2.03. The van der Waals surface area contributed by atoms with Crippen LogP contribution in [0.3, 0.4) is 0 Å². The van der Waals surface area contributed by atoms with Crippen molar-refractivity contribution in [3.8, 4) is 5.69 Å². The van der Waals surface area contributed by atoms with E-state index in [1.165, 1.54) is 11.3 Å². The van der Waals surface area contributed by atoms with Crippen LogP contribution in [0.1, 0.15) is 5.56 Å². The summed E-state index contributed by atoms with van der Waals surface area (Å²) >= 11 is 1.73. The van der Waals surface area contributed by atoms with Gasteiger partial charge in [-0.25, -0.2) is 0 Å². The molecule has 1 aromatic heterocycles. The highest BCUT2D eigenvalue weighted by Crippen LogP contribution is 2.31. The molecule has 0 amide bonds. The molecule has 0 saturated carbocycles. The standard InChI is InChI=1S/C9H7N3S/c1-2-4-8-7(3-1)5-13-9-11-10-6-12(8)9/h1-4,6H,5H2. The number of fused-ring (bicyclic) bond motifs is 3. The summed E-state index contributed by atoms with van der Waals surface area (Å²) in [5.74, 6) is 0.995. The van der Waals surface area contributed by atoms with E-state index in [4.69, 9.17) is 0 Å². The minimum atomic E-state index is 0.985. The van der Waals surface area contributed by atoms with Gasteiger partial charge in [-0.15, -0.1) is 10.2 Å². The summed E-state index contributed by atoms with van der Waals surface area (Å²) in [7, 11) is 0. The minimum absolute atomic E-state index is 0.985. The van der Waals surface area contributed by atoms with Crippen molar-refractivity contribution in [2.75, 3.05) is 0 Å². The Balaban J connectivity index is 2.30. The van der Waals surface area contributed by atoms with Crippen LogP contribution in [0, 0.1) is 0 Å². The van der Waals surface area contributed by atoms with E-state index in [1.807, 2.05) is 10.6 Å². The molecule has 0 bridgehead atoms. The van der Waals surface area contributed by atoms with Crippen molar-refractivity contribution in [1.29, 1.82) is 0 Å². The number of para-hydroxylation sites is 1. The molecule has 64 valence electrons. The van der Waals surface area contributed by atoms with Gasteiger partial charge in [0.2, 0.25) is 0 Å². The highest BCUT2D eigenvalue weighted by atomic mass is 32.2. The lowest BCUT2D eigenvalue weighted by molar-refractivity contribution is 0.863. The van der Waals surface area contributed by atoms with E-state index in [0.717, 1.165) is 10.9 Å². The number of rotatable bonds is 0. The number of hydrogen-bond acceptors (Lipinski definition) is 3. The van der Waals surface area contributed by atoms with Gasteiger partial charge < -0.3 is 0 Å². The normalized spacial score (nSPS) is 13.5. The van der Waals surface area contributed by atoms with Gasteiger partial charge in [-0.3, -0.25) is 4.57 Å². The second-order valence-electron chi connectivity index (χ2n) is 2.90. The van der Waals surface area contributed by atoms with Crippen molar-refractivity contribution in [2.24, 2.45) is 0 Å². The lowest BCUT2D eigenvalue weighted by Gasteiger charge is -2.15. The Morgan fingerprint density at radius 1 is 1.31 bits per heavy atom. The molecular formula is C9H7N3S. The monoisotopic (exact) mass is 189 g/mol. The van der Waals surface area contributed by atoms with Gasteiger partial charge in [-0.05, 0) is 11.6 Å². The third-order valence-electron chi connectivity index (χ3n) is 2.12. The summed E-state index contributed by atoms with van der Waals surface area (Å²) in [5, 5.41) is 8.91. The molecule has 0 fully saturated rings. The van der Waals surface area contributed by atoms with E-state index in [9.17, 15) is 0 Å². The maximum atomic E-state index is 4.03. The van der Waals surface area contributed by atoms with Crippen LogP contribution in [0.15, 0.2) is 35.7 Å². The van der Waals surface area contributed by atoms with Gasteiger partial charge in [-0.1, -0.05) is 30.0 Å². The van der Waals surface area contributed by atoms with Crippen LogP contribution in [-0.4, -0.2) is 14.8 Å². The van der Waals surface area contributed by atoms with E-state index in [1.54, 1.807) is 18.1 Å². The Labute approximate surface area is 79.8 Å². The highest BCUT2D eigenvalue weighted by Gasteiger charge is 2.15. The average Bonchev–Trinajstić information content (AvgIpc) is 2.65. The summed E-state index contributed by atoms with van der Waals surface area (Å²) in [5.41, 5.74) is 2.56. The topological polar surface area (TPSA) is 30.7 Å². The Kier molecular flexibility index (Phi) is 1.43. The van der Waals surface area contributed by atoms with E-state index >= 15 is 0 Å². The molecule has 2 aromatic rings. The average molecular weight is 189 g/mol. The van der Waals surface area contributed by atoms with Crippen molar-refractivity contribution in [2.45, 2.75) is 10.9 Å². The van der Waals surface area contributed by atoms with Crippen molar-refractivity contribution in [3.63, 3.8) is 0 Å². The Bertz CT molecular complexity index is 450. The second kappa shape index (κ2) is 2.60. The smallest absolute Gasteiger partial charge is 0.195 e. The molecule has 3 nitrogen and oxygen atoms in total. The van der Waals surface area contributed by atoms with E-state index in [2.05, 4.69) is 28.4 Å². The third-order valence-corrected chi connectivity index (χ3v) is 3.12. The van der Waals surface area contributed by atoms with Crippen LogP contribution in [0.25, 0.3) is 5.69 Å². The molecular weight excluding hydrogens is 182 g/mol. The molecule has 3 rings (SSSR count). The maximum Gasteiger partial charge on any atom is 0.195 e. The molecule has 0 spiro atoms. The first-order valence-corrected chi connectivity index (χ1v) is 5.05. The lowest BCUT2D eigenvalue weighted by Crippen LogP contribution is -2.04. The van der Waals surface area contributed by atoms with E-state index in [0.29, 0.717) is 0 Å². The van der Waals surface area contributed by atoms with Crippen LogP contribution in [0.2, 0.25) is 0 Å². The van der Waals surface area contributed by atoms with Gasteiger partial charge in [0.05, 0.1) is 5.69 Å². The number of nitrogens with zero attached hydrogens (tertiary/aromatic N) is 3. The van der Waals surface area contributed by atoms with Crippen LogP contribution in [-0.2, 0) is 5.75 Å². The lowest BCUT2D eigenvalue weighted by atomic mass is 10.2. The van der Waals surface area contributed by atoms with E-state index in [-0.39, 0.29) is 0 Å². The fourth-order valence-corrected chi connectivity index (χ4v) is 2.42. The van der Waals surface area contributed by atoms with Crippen LogP contribution < -0.4 is 0 Å². The van der Waals surface area contributed by atoms with Gasteiger partial charge in [0.1, 0.15) is 6.33 Å². The quantitative estimate of drug-likeness (QED) is 0.634. The van der Waals surface area contributed by atoms with Crippen molar-refractivity contribution >= 4 is 11.8 Å². The van der Waals surface area contributed by atoms with Crippen molar-refractivity contribution in [1.82, 2.24) is 14.8 Å². The SMILES string of the molecule is c1ccc2c(c1)CSc1nncn1-2. The zero-order valence-corrected chi connectivity index (χ0v) is 7.66. The molecule has 13 heavy (non-hydrogen) atoms. The zero-order valence-electron chi connectivity index (χ0n) is 6.84. The first kappa shape index (κ1) is 7.15.